The Labute approximate surface area is 159 Å². The van der Waals surface area contributed by atoms with E-state index >= 15 is 0 Å². The van der Waals surface area contributed by atoms with E-state index in [0.29, 0.717) is 23.1 Å². The molecule has 2 aromatic heterocycles. The van der Waals surface area contributed by atoms with E-state index in [-0.39, 0.29) is 12.5 Å². The van der Waals surface area contributed by atoms with Gasteiger partial charge < -0.3 is 10.6 Å². The minimum atomic E-state index is -0.0304. The van der Waals surface area contributed by atoms with Crippen molar-refractivity contribution < 1.29 is 4.79 Å². The predicted octanol–water partition coefficient (Wildman–Crippen LogP) is 4.11. The molecule has 1 aliphatic heterocycles. The molecule has 2 N–H and O–H groups in total. The summed E-state index contributed by atoms with van der Waals surface area (Å²) in [6, 6.07) is 7.70. The molecule has 0 atom stereocenters. The van der Waals surface area contributed by atoms with Crippen LogP contribution in [0.3, 0.4) is 0 Å². The van der Waals surface area contributed by atoms with Crippen molar-refractivity contribution in [3.05, 3.63) is 50.9 Å². The Balaban J connectivity index is 1.93. The van der Waals surface area contributed by atoms with Crippen molar-refractivity contribution in [3.8, 4) is 11.3 Å². The van der Waals surface area contributed by atoms with Gasteiger partial charge in [-0.2, -0.15) is 0 Å². The zero-order chi connectivity index (χ0) is 17.6. The average Bonchev–Trinajstić information content (AvgIpc) is 3.03. The molecule has 1 amide bonds. The number of amides is 1. The van der Waals surface area contributed by atoms with Crippen LogP contribution in [0, 0.1) is 0 Å². The third-order valence-electron chi connectivity index (χ3n) is 4.47. The first kappa shape index (κ1) is 16.8. The van der Waals surface area contributed by atoms with E-state index in [0.717, 1.165) is 32.6 Å². The normalized spacial score (nSPS) is 14.0. The summed E-state index contributed by atoms with van der Waals surface area (Å²) in [6.07, 6.45) is 2.54. The van der Waals surface area contributed by atoms with Crippen LogP contribution in [0.25, 0.3) is 21.3 Å². The Morgan fingerprint density at radius 3 is 2.92 bits per heavy atom. The highest BCUT2D eigenvalue weighted by molar-refractivity contribution is 7.20. The van der Waals surface area contributed by atoms with Crippen LogP contribution in [-0.2, 0) is 17.8 Å². The largest absolute Gasteiger partial charge is 0.336 e. The number of carbonyl (C=O) groups excluding carboxylic acids is 1. The smallest absolute Gasteiger partial charge is 0.236 e. The quantitative estimate of drug-likeness (QED) is 0.714. The van der Waals surface area contributed by atoms with Crippen LogP contribution in [0.1, 0.15) is 10.4 Å². The SMILES string of the molecule is NCC(=O)N1CCc2c(sc3c(Cl)c(Cl)cc(-c4ccccn4)c23)C1. The van der Waals surface area contributed by atoms with Gasteiger partial charge in [0, 0.05) is 28.6 Å². The van der Waals surface area contributed by atoms with Gasteiger partial charge >= 0.3 is 0 Å². The standard InChI is InChI=1S/C18H15Cl2N3OS/c19-12-7-11(13-3-1-2-5-22-13)16-10-4-6-23(15(24)8-21)9-14(10)25-18(16)17(12)20/h1-3,5,7H,4,6,8-9,21H2. The first-order valence-corrected chi connectivity index (χ1v) is 9.49. The number of hydrogen-bond donors (Lipinski definition) is 1. The van der Waals surface area contributed by atoms with Crippen LogP contribution in [0.2, 0.25) is 10.0 Å². The lowest BCUT2D eigenvalue weighted by Crippen LogP contribution is -2.39. The van der Waals surface area contributed by atoms with E-state index in [2.05, 4.69) is 4.98 Å². The topological polar surface area (TPSA) is 59.2 Å². The summed E-state index contributed by atoms with van der Waals surface area (Å²) in [5, 5.41) is 2.18. The molecule has 25 heavy (non-hydrogen) atoms. The lowest BCUT2D eigenvalue weighted by atomic mass is 9.97. The number of carbonyl (C=O) groups is 1. The number of pyridine rings is 1. The lowest BCUT2D eigenvalue weighted by molar-refractivity contribution is -0.130. The van der Waals surface area contributed by atoms with Crippen LogP contribution >= 0.6 is 34.5 Å². The summed E-state index contributed by atoms with van der Waals surface area (Å²) in [7, 11) is 0. The molecule has 3 heterocycles. The molecule has 0 unspecified atom stereocenters. The molecular weight excluding hydrogens is 377 g/mol. The van der Waals surface area contributed by atoms with Gasteiger partial charge in [-0.25, -0.2) is 0 Å². The molecule has 4 rings (SSSR count). The van der Waals surface area contributed by atoms with E-state index in [9.17, 15) is 4.79 Å². The summed E-state index contributed by atoms with van der Waals surface area (Å²) in [4.78, 5) is 19.4. The second-order valence-electron chi connectivity index (χ2n) is 5.91. The van der Waals surface area contributed by atoms with Gasteiger partial charge in [0.15, 0.2) is 0 Å². The molecule has 3 aromatic rings. The van der Waals surface area contributed by atoms with Crippen molar-refractivity contribution in [2.24, 2.45) is 5.73 Å². The molecule has 4 nitrogen and oxygen atoms in total. The fourth-order valence-electron chi connectivity index (χ4n) is 3.28. The van der Waals surface area contributed by atoms with Gasteiger partial charge in [0.2, 0.25) is 5.91 Å². The number of halogens is 2. The lowest BCUT2D eigenvalue weighted by Gasteiger charge is -2.26. The van der Waals surface area contributed by atoms with Gasteiger partial charge in [0.1, 0.15) is 0 Å². The number of thiophene rings is 1. The Bertz CT molecular complexity index is 972. The van der Waals surface area contributed by atoms with Gasteiger partial charge in [-0.15, -0.1) is 11.3 Å². The van der Waals surface area contributed by atoms with Crippen LogP contribution in [0.15, 0.2) is 30.5 Å². The van der Waals surface area contributed by atoms with Crippen molar-refractivity contribution in [1.29, 1.82) is 0 Å². The number of benzene rings is 1. The maximum absolute atomic E-state index is 11.9. The summed E-state index contributed by atoms with van der Waals surface area (Å²) in [5.41, 5.74) is 8.60. The van der Waals surface area contributed by atoms with Crippen molar-refractivity contribution in [2.75, 3.05) is 13.1 Å². The number of hydrogen-bond acceptors (Lipinski definition) is 4. The van der Waals surface area contributed by atoms with Crippen LogP contribution in [-0.4, -0.2) is 28.9 Å². The third kappa shape index (κ3) is 2.81. The Morgan fingerprint density at radius 2 is 2.20 bits per heavy atom. The number of fused-ring (bicyclic) bond motifs is 3. The second kappa shape index (κ2) is 6.57. The van der Waals surface area contributed by atoms with Gasteiger partial charge in [0.05, 0.1) is 33.5 Å². The highest BCUT2D eigenvalue weighted by atomic mass is 35.5. The average molecular weight is 392 g/mol. The highest BCUT2D eigenvalue weighted by Crippen LogP contribution is 2.46. The maximum Gasteiger partial charge on any atom is 0.236 e. The molecule has 128 valence electrons. The van der Waals surface area contributed by atoms with Gasteiger partial charge in [-0.1, -0.05) is 29.3 Å². The van der Waals surface area contributed by atoms with Gasteiger partial charge in [-0.3, -0.25) is 9.78 Å². The van der Waals surface area contributed by atoms with Crippen molar-refractivity contribution in [1.82, 2.24) is 9.88 Å². The van der Waals surface area contributed by atoms with Crippen LogP contribution in [0.5, 0.6) is 0 Å². The number of nitrogens with zero attached hydrogens (tertiary/aromatic N) is 2. The summed E-state index contributed by atoms with van der Waals surface area (Å²) in [5.74, 6) is -0.0304. The Hall–Kier alpha value is -1.66. The van der Waals surface area contributed by atoms with E-state index in [4.69, 9.17) is 28.9 Å². The van der Waals surface area contributed by atoms with Gasteiger partial charge in [-0.05, 0) is 30.2 Å². The van der Waals surface area contributed by atoms with E-state index in [1.807, 2.05) is 24.3 Å². The minimum Gasteiger partial charge on any atom is -0.336 e. The van der Waals surface area contributed by atoms with Crippen LogP contribution in [0.4, 0.5) is 0 Å². The maximum atomic E-state index is 11.9. The summed E-state index contributed by atoms with van der Waals surface area (Å²) >= 11 is 14.5. The number of nitrogens with two attached hydrogens (primary N) is 1. The third-order valence-corrected chi connectivity index (χ3v) is 6.61. The number of aromatic nitrogens is 1. The first-order valence-electron chi connectivity index (χ1n) is 7.91. The first-order chi connectivity index (χ1) is 12.1. The second-order valence-corrected chi connectivity index (χ2v) is 7.80. The molecule has 0 radical (unpaired) electrons. The molecule has 1 aliphatic rings. The molecule has 0 saturated carbocycles. The molecule has 0 fully saturated rings. The minimum absolute atomic E-state index is 0.0304. The molecule has 7 heteroatoms. The monoisotopic (exact) mass is 391 g/mol. The molecule has 0 spiro atoms. The van der Waals surface area contributed by atoms with E-state index in [1.54, 1.807) is 22.4 Å². The van der Waals surface area contributed by atoms with E-state index in [1.165, 1.54) is 5.56 Å². The molecule has 1 aromatic carbocycles. The predicted molar refractivity (Wildman–Crippen MR) is 103 cm³/mol. The molecule has 0 aliphatic carbocycles. The van der Waals surface area contributed by atoms with Crippen LogP contribution < -0.4 is 5.73 Å². The highest BCUT2D eigenvalue weighted by Gasteiger charge is 2.27. The fraction of sp³-hybridized carbons (Fsp3) is 0.222. The Kier molecular flexibility index (Phi) is 4.41. The van der Waals surface area contributed by atoms with Crippen molar-refractivity contribution >= 4 is 50.5 Å². The summed E-state index contributed by atoms with van der Waals surface area (Å²) < 4.78 is 0.960. The van der Waals surface area contributed by atoms with Crippen molar-refractivity contribution in [2.45, 2.75) is 13.0 Å². The zero-order valence-corrected chi connectivity index (χ0v) is 15.6. The fourth-order valence-corrected chi connectivity index (χ4v) is 5.13. The van der Waals surface area contributed by atoms with E-state index < -0.39 is 0 Å². The number of rotatable bonds is 2. The zero-order valence-electron chi connectivity index (χ0n) is 13.3. The molecule has 0 bridgehead atoms. The van der Waals surface area contributed by atoms with Crippen molar-refractivity contribution in [3.63, 3.8) is 0 Å². The Morgan fingerprint density at radius 1 is 1.36 bits per heavy atom. The molecular formula is C18H15Cl2N3OS. The molecule has 0 saturated heterocycles. The summed E-state index contributed by atoms with van der Waals surface area (Å²) in [6.45, 7) is 1.27. The van der Waals surface area contributed by atoms with Gasteiger partial charge in [0.25, 0.3) is 0 Å².